The van der Waals surface area contributed by atoms with Crippen molar-refractivity contribution in [3.63, 3.8) is 0 Å². The second-order valence-electron chi connectivity index (χ2n) is 5.37. The minimum atomic E-state index is -4.06. The summed E-state index contributed by atoms with van der Waals surface area (Å²) in [5, 5.41) is 12.9. The van der Waals surface area contributed by atoms with E-state index in [0.29, 0.717) is 6.42 Å². The largest absolute Gasteiger partial charge is 0.392 e. The molecule has 5 heteroatoms. The van der Waals surface area contributed by atoms with Gasteiger partial charge in [0.25, 0.3) is 0 Å². The Morgan fingerprint density at radius 1 is 1.00 bits per heavy atom. The highest BCUT2D eigenvalue weighted by Crippen LogP contribution is 2.38. The van der Waals surface area contributed by atoms with Crippen molar-refractivity contribution < 1.29 is 18.3 Å². The molecule has 0 unspecified atom stereocenters. The summed E-state index contributed by atoms with van der Waals surface area (Å²) >= 11 is 0. The van der Waals surface area contributed by atoms with E-state index in [0.717, 1.165) is 25.7 Å². The highest BCUT2D eigenvalue weighted by Gasteiger charge is 2.42. The topological polar surface area (TPSA) is 32.3 Å². The summed E-state index contributed by atoms with van der Waals surface area (Å²) in [6, 6.07) is -0.0693. The van der Waals surface area contributed by atoms with Crippen LogP contribution in [0.1, 0.15) is 44.9 Å². The van der Waals surface area contributed by atoms with Gasteiger partial charge in [-0.25, -0.2) is 0 Å². The van der Waals surface area contributed by atoms with Crippen LogP contribution in [0.4, 0.5) is 13.2 Å². The van der Waals surface area contributed by atoms with Crippen molar-refractivity contribution in [2.24, 2.45) is 5.92 Å². The van der Waals surface area contributed by atoms with Gasteiger partial charge in [-0.05, 0) is 38.5 Å². The van der Waals surface area contributed by atoms with Crippen molar-refractivity contribution in [2.45, 2.75) is 69.3 Å². The van der Waals surface area contributed by atoms with Gasteiger partial charge in [-0.3, -0.25) is 0 Å². The number of aliphatic hydroxyl groups is 1. The molecule has 2 rings (SSSR count). The highest BCUT2D eigenvalue weighted by atomic mass is 19.4. The Labute approximate surface area is 99.6 Å². The van der Waals surface area contributed by atoms with E-state index in [1.807, 2.05) is 0 Å². The Kier molecular flexibility index (Phi) is 3.98. The van der Waals surface area contributed by atoms with Crippen LogP contribution in [0.2, 0.25) is 0 Å². The highest BCUT2D eigenvalue weighted by molar-refractivity contribution is 4.89. The first kappa shape index (κ1) is 13.1. The molecule has 2 aliphatic rings. The third kappa shape index (κ3) is 3.35. The van der Waals surface area contributed by atoms with Gasteiger partial charge in [-0.15, -0.1) is 0 Å². The van der Waals surface area contributed by atoms with Crippen LogP contribution in [0, 0.1) is 5.92 Å². The van der Waals surface area contributed by atoms with Crippen LogP contribution in [0.25, 0.3) is 0 Å². The van der Waals surface area contributed by atoms with Crippen molar-refractivity contribution in [1.82, 2.24) is 5.32 Å². The van der Waals surface area contributed by atoms with Gasteiger partial charge >= 0.3 is 6.18 Å². The van der Waals surface area contributed by atoms with Crippen LogP contribution in [0.3, 0.4) is 0 Å². The molecule has 2 N–H and O–H groups in total. The average Bonchev–Trinajstić information content (AvgIpc) is 2.64. The lowest BCUT2D eigenvalue weighted by molar-refractivity contribution is -0.184. The molecule has 2 fully saturated rings. The molecule has 0 aromatic carbocycles. The summed E-state index contributed by atoms with van der Waals surface area (Å²) in [6.45, 7) is 0. The minimum Gasteiger partial charge on any atom is -0.392 e. The predicted octanol–water partition coefficient (Wildman–Crippen LogP) is 2.61. The van der Waals surface area contributed by atoms with E-state index in [9.17, 15) is 18.3 Å². The van der Waals surface area contributed by atoms with Crippen LogP contribution in [0.5, 0.6) is 0 Å². The number of hydrogen-bond acceptors (Lipinski definition) is 2. The molecule has 0 amide bonds. The molecule has 4 atom stereocenters. The van der Waals surface area contributed by atoms with Crippen molar-refractivity contribution in [1.29, 1.82) is 0 Å². The Bertz CT molecular complexity index is 255. The Morgan fingerprint density at radius 2 is 1.71 bits per heavy atom. The first-order chi connectivity index (χ1) is 7.97. The van der Waals surface area contributed by atoms with Gasteiger partial charge in [0.1, 0.15) is 0 Å². The van der Waals surface area contributed by atoms with Crippen LogP contribution >= 0.6 is 0 Å². The van der Waals surface area contributed by atoms with Gasteiger partial charge in [-0.1, -0.05) is 6.42 Å². The van der Waals surface area contributed by atoms with Crippen LogP contribution < -0.4 is 5.32 Å². The maximum absolute atomic E-state index is 12.6. The molecule has 0 aromatic rings. The summed E-state index contributed by atoms with van der Waals surface area (Å²) < 4.78 is 37.9. The lowest BCUT2D eigenvalue weighted by Crippen LogP contribution is -2.46. The maximum Gasteiger partial charge on any atom is 0.391 e. The van der Waals surface area contributed by atoms with E-state index in [2.05, 4.69) is 5.32 Å². The smallest absolute Gasteiger partial charge is 0.391 e. The second kappa shape index (κ2) is 5.14. The quantitative estimate of drug-likeness (QED) is 0.790. The number of halogens is 3. The summed E-state index contributed by atoms with van der Waals surface area (Å²) in [7, 11) is 0. The van der Waals surface area contributed by atoms with E-state index in [4.69, 9.17) is 0 Å². The van der Waals surface area contributed by atoms with Gasteiger partial charge in [0.2, 0.25) is 0 Å². The third-order valence-corrected chi connectivity index (χ3v) is 4.07. The first-order valence-corrected chi connectivity index (χ1v) is 6.47. The van der Waals surface area contributed by atoms with Gasteiger partial charge in [0, 0.05) is 12.1 Å². The molecular formula is C12H20F3NO. The molecule has 0 aliphatic heterocycles. The van der Waals surface area contributed by atoms with Crippen LogP contribution in [0.15, 0.2) is 0 Å². The molecule has 100 valence electrons. The number of aliphatic hydroxyl groups excluding tert-OH is 1. The summed E-state index contributed by atoms with van der Waals surface area (Å²) in [4.78, 5) is 0. The molecule has 0 saturated heterocycles. The van der Waals surface area contributed by atoms with Gasteiger partial charge in [0.15, 0.2) is 0 Å². The molecule has 2 nitrogen and oxygen atoms in total. The van der Waals surface area contributed by atoms with E-state index in [-0.39, 0.29) is 31.0 Å². The summed E-state index contributed by atoms with van der Waals surface area (Å²) in [6.07, 6.45) is 0.0492. The van der Waals surface area contributed by atoms with E-state index in [1.165, 1.54) is 0 Å². The Balaban J connectivity index is 1.85. The molecule has 0 bridgehead atoms. The number of nitrogens with one attached hydrogen (secondary N) is 1. The lowest BCUT2D eigenvalue weighted by atomic mass is 9.85. The summed E-state index contributed by atoms with van der Waals surface area (Å²) in [5.74, 6) is -1.16. The SMILES string of the molecule is O[C@@H]1CCC[C@@H]1N[C@@H]1CCC[C@H](C(F)(F)F)C1. The number of alkyl halides is 3. The molecule has 2 aliphatic carbocycles. The van der Waals surface area contributed by atoms with E-state index < -0.39 is 12.1 Å². The average molecular weight is 251 g/mol. The monoisotopic (exact) mass is 251 g/mol. The Morgan fingerprint density at radius 3 is 2.29 bits per heavy atom. The fourth-order valence-corrected chi connectivity index (χ4v) is 3.08. The van der Waals surface area contributed by atoms with Gasteiger partial charge < -0.3 is 10.4 Å². The molecule has 0 radical (unpaired) electrons. The van der Waals surface area contributed by atoms with Crippen molar-refractivity contribution in [2.75, 3.05) is 0 Å². The summed E-state index contributed by atoms with van der Waals surface area (Å²) in [5.41, 5.74) is 0. The predicted molar refractivity (Wildman–Crippen MR) is 58.6 cm³/mol. The fraction of sp³-hybridized carbons (Fsp3) is 1.00. The molecule has 0 heterocycles. The van der Waals surface area contributed by atoms with Crippen molar-refractivity contribution in [3.8, 4) is 0 Å². The molecule has 0 spiro atoms. The zero-order valence-corrected chi connectivity index (χ0v) is 9.84. The fourth-order valence-electron chi connectivity index (χ4n) is 3.08. The normalized spacial score (nSPS) is 39.5. The van der Waals surface area contributed by atoms with Gasteiger partial charge in [0.05, 0.1) is 12.0 Å². The number of hydrogen-bond donors (Lipinski definition) is 2. The maximum atomic E-state index is 12.6. The number of rotatable bonds is 2. The first-order valence-electron chi connectivity index (χ1n) is 6.47. The van der Waals surface area contributed by atoms with Crippen molar-refractivity contribution in [3.05, 3.63) is 0 Å². The standard InChI is InChI=1S/C12H20F3NO/c13-12(14,15)8-3-1-4-9(7-8)16-10-5-2-6-11(10)17/h8-11,16-17H,1-7H2/t8-,9+,10-,11+/m0/s1. The minimum absolute atomic E-state index is 0.00647. The van der Waals surface area contributed by atoms with Gasteiger partial charge in [-0.2, -0.15) is 13.2 Å². The molecular weight excluding hydrogens is 231 g/mol. The van der Waals surface area contributed by atoms with Crippen LogP contribution in [-0.4, -0.2) is 29.5 Å². The third-order valence-electron chi connectivity index (χ3n) is 4.07. The molecule has 17 heavy (non-hydrogen) atoms. The van der Waals surface area contributed by atoms with E-state index >= 15 is 0 Å². The Hall–Kier alpha value is -0.290. The molecule has 0 aromatic heterocycles. The zero-order chi connectivity index (χ0) is 12.5. The van der Waals surface area contributed by atoms with E-state index in [1.54, 1.807) is 0 Å². The second-order valence-corrected chi connectivity index (χ2v) is 5.37. The van der Waals surface area contributed by atoms with Crippen LogP contribution in [-0.2, 0) is 0 Å². The lowest BCUT2D eigenvalue weighted by Gasteiger charge is -2.33. The zero-order valence-electron chi connectivity index (χ0n) is 9.84. The van der Waals surface area contributed by atoms with Crippen molar-refractivity contribution >= 4 is 0 Å². The molecule has 2 saturated carbocycles.